The molecule has 0 bridgehead atoms. The first-order valence-corrected chi connectivity index (χ1v) is 11.8. The van der Waals surface area contributed by atoms with Crippen LogP contribution in [0.4, 0.5) is 0 Å². The molecule has 2 N–H and O–H groups in total. The maximum absolute atomic E-state index is 12.9. The highest BCUT2D eigenvalue weighted by molar-refractivity contribution is 9.11. The monoisotopic (exact) mass is 526 g/mol. The van der Waals surface area contributed by atoms with Gasteiger partial charge < -0.3 is 10.1 Å². The summed E-state index contributed by atoms with van der Waals surface area (Å²) in [5.41, 5.74) is -0.0913. The van der Waals surface area contributed by atoms with Crippen molar-refractivity contribution in [3.05, 3.63) is 21.1 Å². The molecule has 154 valence electrons. The van der Waals surface area contributed by atoms with Gasteiger partial charge in [0.2, 0.25) is 15.9 Å². The first kappa shape index (κ1) is 24.4. The van der Waals surface area contributed by atoms with Crippen LogP contribution in [0.2, 0.25) is 0 Å². The summed E-state index contributed by atoms with van der Waals surface area (Å²) in [7, 11) is -2.47. The number of benzene rings is 1. The van der Waals surface area contributed by atoms with E-state index in [1.807, 2.05) is 27.7 Å². The number of carbonyl (C=O) groups is 1. The van der Waals surface area contributed by atoms with Crippen molar-refractivity contribution in [2.45, 2.75) is 57.9 Å². The fourth-order valence-electron chi connectivity index (χ4n) is 2.25. The van der Waals surface area contributed by atoms with E-state index in [0.717, 1.165) is 12.8 Å². The highest BCUT2D eigenvalue weighted by Crippen LogP contribution is 2.34. The van der Waals surface area contributed by atoms with E-state index < -0.39 is 16.1 Å². The third-order valence-corrected chi connectivity index (χ3v) is 6.80. The number of rotatable bonds is 9. The van der Waals surface area contributed by atoms with Gasteiger partial charge in [-0.1, -0.05) is 40.5 Å². The normalized spacial score (nSPS) is 13.3. The Balaban J connectivity index is 3.10. The number of carbonyl (C=O) groups excluding carboxylic acids is 1. The molecule has 1 aromatic carbocycles. The van der Waals surface area contributed by atoms with E-state index in [4.69, 9.17) is 4.74 Å². The number of sulfonamides is 1. The van der Waals surface area contributed by atoms with Crippen molar-refractivity contribution in [1.82, 2.24) is 10.0 Å². The van der Waals surface area contributed by atoms with Crippen LogP contribution >= 0.6 is 31.9 Å². The van der Waals surface area contributed by atoms with Gasteiger partial charge >= 0.3 is 0 Å². The quantitative estimate of drug-likeness (QED) is 0.503. The third kappa shape index (κ3) is 7.71. The summed E-state index contributed by atoms with van der Waals surface area (Å²) in [6, 6.07) is 2.19. The topological polar surface area (TPSA) is 84.5 Å². The van der Waals surface area contributed by atoms with E-state index in [9.17, 15) is 13.2 Å². The van der Waals surface area contributed by atoms with Crippen molar-refractivity contribution in [3.8, 4) is 5.75 Å². The van der Waals surface area contributed by atoms with E-state index in [-0.39, 0.29) is 16.2 Å². The van der Waals surface area contributed by atoms with E-state index in [0.29, 0.717) is 27.7 Å². The van der Waals surface area contributed by atoms with Crippen LogP contribution in [0.5, 0.6) is 5.75 Å². The zero-order chi connectivity index (χ0) is 20.8. The second kappa shape index (κ2) is 10.2. The van der Waals surface area contributed by atoms with Gasteiger partial charge in [0.1, 0.15) is 11.8 Å². The summed E-state index contributed by atoms with van der Waals surface area (Å²) in [5, 5.41) is 2.84. The van der Waals surface area contributed by atoms with Crippen LogP contribution in [0.15, 0.2) is 26.0 Å². The summed E-state index contributed by atoms with van der Waals surface area (Å²) in [6.45, 7) is 8.47. The molecular weight excluding hydrogens is 500 g/mol. The molecule has 0 spiro atoms. The van der Waals surface area contributed by atoms with E-state index in [1.165, 1.54) is 13.2 Å². The molecule has 0 heterocycles. The highest BCUT2D eigenvalue weighted by atomic mass is 79.9. The lowest BCUT2D eigenvalue weighted by atomic mass is 9.97. The number of nitrogens with one attached hydrogen (secondary N) is 2. The van der Waals surface area contributed by atoms with Gasteiger partial charge in [-0.15, -0.1) is 0 Å². The standard InChI is InChI=1S/C18H28Br2N2O4S/c1-6-7-8-14(17(23)21-11-18(2,3)4)22-27(24,25)16-10-15(26-5)12(19)9-13(16)20/h9-10,14,22H,6-8,11H2,1-5H3,(H,21,23)/t14-/m1/s1. The molecule has 0 fully saturated rings. The Labute approximate surface area is 179 Å². The summed E-state index contributed by atoms with van der Waals surface area (Å²) in [5.74, 6) is 0.0722. The zero-order valence-corrected chi connectivity index (χ0v) is 20.3. The molecule has 1 aromatic rings. The van der Waals surface area contributed by atoms with Gasteiger partial charge in [0.25, 0.3) is 0 Å². The maximum atomic E-state index is 12.9. The minimum atomic E-state index is -3.93. The molecule has 0 saturated heterocycles. The minimum Gasteiger partial charge on any atom is -0.496 e. The summed E-state index contributed by atoms with van der Waals surface area (Å²) in [6.07, 6.45) is 2.03. The fourth-order valence-corrected chi connectivity index (χ4v) is 5.35. The summed E-state index contributed by atoms with van der Waals surface area (Å²) in [4.78, 5) is 12.6. The fraction of sp³-hybridized carbons (Fsp3) is 0.611. The Kier molecular flexibility index (Phi) is 9.24. The van der Waals surface area contributed by atoms with Crippen molar-refractivity contribution >= 4 is 47.8 Å². The van der Waals surface area contributed by atoms with Crippen LogP contribution in [0.3, 0.4) is 0 Å². The predicted octanol–water partition coefficient (Wildman–Crippen LogP) is 4.22. The average molecular weight is 528 g/mol. The molecule has 1 rings (SSSR count). The number of amides is 1. The second-order valence-electron chi connectivity index (χ2n) is 7.51. The highest BCUT2D eigenvalue weighted by Gasteiger charge is 2.28. The van der Waals surface area contributed by atoms with Crippen LogP contribution in [-0.4, -0.2) is 34.0 Å². The largest absolute Gasteiger partial charge is 0.496 e. The van der Waals surface area contributed by atoms with Gasteiger partial charge in [-0.3, -0.25) is 4.79 Å². The molecule has 0 radical (unpaired) electrons. The number of halogens is 2. The number of ether oxygens (including phenoxy) is 1. The maximum Gasteiger partial charge on any atom is 0.242 e. The van der Waals surface area contributed by atoms with E-state index in [1.54, 1.807) is 6.07 Å². The molecule has 0 saturated carbocycles. The van der Waals surface area contributed by atoms with Gasteiger partial charge in [-0.05, 0) is 49.8 Å². The van der Waals surface area contributed by atoms with Crippen molar-refractivity contribution < 1.29 is 17.9 Å². The summed E-state index contributed by atoms with van der Waals surface area (Å²) < 4.78 is 34.6. The molecule has 9 heteroatoms. The first-order chi connectivity index (χ1) is 12.4. The Morgan fingerprint density at radius 3 is 2.37 bits per heavy atom. The SMILES string of the molecule is CCCC[C@@H](NS(=O)(=O)c1cc(OC)c(Br)cc1Br)C(=O)NCC(C)(C)C. The van der Waals surface area contributed by atoms with Crippen LogP contribution < -0.4 is 14.8 Å². The smallest absolute Gasteiger partial charge is 0.242 e. The molecule has 0 aliphatic heterocycles. The first-order valence-electron chi connectivity index (χ1n) is 8.74. The molecule has 27 heavy (non-hydrogen) atoms. The molecular formula is C18H28Br2N2O4S. The molecule has 0 aliphatic rings. The minimum absolute atomic E-state index is 0.0210. The van der Waals surface area contributed by atoms with Gasteiger partial charge in [0.05, 0.1) is 16.5 Å². The zero-order valence-electron chi connectivity index (χ0n) is 16.4. The van der Waals surface area contributed by atoms with Crippen molar-refractivity contribution in [2.75, 3.05) is 13.7 Å². The Morgan fingerprint density at radius 1 is 1.22 bits per heavy atom. The second-order valence-corrected chi connectivity index (χ2v) is 10.9. The number of unbranched alkanes of at least 4 members (excludes halogenated alkanes) is 1. The van der Waals surface area contributed by atoms with Crippen LogP contribution in [0, 0.1) is 5.41 Å². The van der Waals surface area contributed by atoms with Crippen molar-refractivity contribution in [1.29, 1.82) is 0 Å². The van der Waals surface area contributed by atoms with E-state index >= 15 is 0 Å². The Hall–Kier alpha value is -0.640. The Morgan fingerprint density at radius 2 is 1.85 bits per heavy atom. The molecule has 1 atom stereocenters. The van der Waals surface area contributed by atoms with Crippen LogP contribution in [0.25, 0.3) is 0 Å². The lowest BCUT2D eigenvalue weighted by Gasteiger charge is -2.23. The van der Waals surface area contributed by atoms with E-state index in [2.05, 4.69) is 41.9 Å². The number of hydrogen-bond donors (Lipinski definition) is 2. The van der Waals surface area contributed by atoms with Gasteiger partial charge in [-0.25, -0.2) is 8.42 Å². The van der Waals surface area contributed by atoms with Crippen molar-refractivity contribution in [3.63, 3.8) is 0 Å². The molecule has 0 aliphatic carbocycles. The molecule has 0 unspecified atom stereocenters. The predicted molar refractivity (Wildman–Crippen MR) is 114 cm³/mol. The Bertz CT molecular complexity index is 761. The lowest BCUT2D eigenvalue weighted by Crippen LogP contribution is -2.48. The van der Waals surface area contributed by atoms with Gasteiger partial charge in [-0.2, -0.15) is 4.72 Å². The third-order valence-electron chi connectivity index (χ3n) is 3.75. The van der Waals surface area contributed by atoms with Crippen LogP contribution in [-0.2, 0) is 14.8 Å². The number of methoxy groups -OCH3 is 1. The van der Waals surface area contributed by atoms with Crippen LogP contribution in [0.1, 0.15) is 47.0 Å². The number of hydrogen-bond acceptors (Lipinski definition) is 4. The van der Waals surface area contributed by atoms with Crippen molar-refractivity contribution in [2.24, 2.45) is 5.41 Å². The lowest BCUT2D eigenvalue weighted by molar-refractivity contribution is -0.123. The summed E-state index contributed by atoms with van der Waals surface area (Å²) >= 11 is 6.60. The molecule has 0 aromatic heterocycles. The average Bonchev–Trinajstić information content (AvgIpc) is 2.55. The van der Waals surface area contributed by atoms with Gasteiger partial charge in [0, 0.05) is 17.1 Å². The van der Waals surface area contributed by atoms with Gasteiger partial charge in [0.15, 0.2) is 0 Å². The molecule has 1 amide bonds. The molecule has 6 nitrogen and oxygen atoms in total.